The number of hydrogen-bond acceptors (Lipinski definition) is 3. The number of nitrogens with zero attached hydrogens (tertiary/aromatic N) is 2. The van der Waals surface area contributed by atoms with Crippen LogP contribution in [-0.4, -0.2) is 55.5 Å². The summed E-state index contributed by atoms with van der Waals surface area (Å²) in [6, 6.07) is 6.72. The first-order valence-corrected chi connectivity index (χ1v) is 7.52. The van der Waals surface area contributed by atoms with Gasteiger partial charge in [0.1, 0.15) is 5.82 Å². The van der Waals surface area contributed by atoms with Crippen LogP contribution in [-0.2, 0) is 4.79 Å². The average molecular weight is 293 g/mol. The van der Waals surface area contributed by atoms with Crippen LogP contribution in [0.3, 0.4) is 0 Å². The van der Waals surface area contributed by atoms with E-state index in [9.17, 15) is 9.18 Å². The molecule has 1 aliphatic rings. The second-order valence-corrected chi connectivity index (χ2v) is 5.59. The number of rotatable bonds is 5. The van der Waals surface area contributed by atoms with Gasteiger partial charge in [-0.25, -0.2) is 4.39 Å². The Kier molecular flexibility index (Phi) is 5.70. The molecular formula is C16H24FN3O. The minimum atomic E-state index is -0.220. The van der Waals surface area contributed by atoms with E-state index in [-0.39, 0.29) is 17.8 Å². The van der Waals surface area contributed by atoms with Gasteiger partial charge in [-0.05, 0) is 31.7 Å². The molecule has 1 aromatic rings. The Morgan fingerprint density at radius 1 is 1.33 bits per heavy atom. The molecule has 0 bridgehead atoms. The summed E-state index contributed by atoms with van der Waals surface area (Å²) in [6.07, 6.45) is 0.530. The predicted octanol–water partition coefficient (Wildman–Crippen LogP) is 1.64. The van der Waals surface area contributed by atoms with E-state index in [2.05, 4.69) is 17.1 Å². The highest BCUT2D eigenvalue weighted by atomic mass is 19.1. The molecule has 1 N–H and O–H groups in total. The normalized spacial score (nSPS) is 17.0. The minimum Gasteiger partial charge on any atom is -0.340 e. The summed E-state index contributed by atoms with van der Waals surface area (Å²) in [5.74, 6) is -0.00264. The van der Waals surface area contributed by atoms with Gasteiger partial charge >= 0.3 is 0 Å². The molecule has 116 valence electrons. The van der Waals surface area contributed by atoms with Crippen molar-refractivity contribution in [2.75, 3.05) is 39.8 Å². The lowest BCUT2D eigenvalue weighted by Gasteiger charge is -2.29. The molecule has 5 heteroatoms. The van der Waals surface area contributed by atoms with E-state index in [4.69, 9.17) is 0 Å². The van der Waals surface area contributed by atoms with Crippen LogP contribution in [0.25, 0.3) is 0 Å². The van der Waals surface area contributed by atoms with Crippen molar-refractivity contribution >= 4 is 5.91 Å². The maximum atomic E-state index is 12.9. The van der Waals surface area contributed by atoms with Crippen LogP contribution < -0.4 is 5.32 Å². The van der Waals surface area contributed by atoms with E-state index in [1.54, 1.807) is 12.1 Å². The number of benzene rings is 1. The van der Waals surface area contributed by atoms with Crippen molar-refractivity contribution in [3.8, 4) is 0 Å². The Labute approximate surface area is 125 Å². The lowest BCUT2D eigenvalue weighted by Crippen LogP contribution is -2.47. The van der Waals surface area contributed by atoms with Crippen LogP contribution in [0.4, 0.5) is 4.39 Å². The first kappa shape index (κ1) is 15.9. The van der Waals surface area contributed by atoms with Crippen LogP contribution in [0, 0.1) is 5.82 Å². The Bertz CT molecular complexity index is 457. The highest BCUT2D eigenvalue weighted by molar-refractivity contribution is 5.76. The zero-order valence-electron chi connectivity index (χ0n) is 12.8. The number of piperazine rings is 1. The fourth-order valence-corrected chi connectivity index (χ4v) is 2.53. The number of amides is 1. The van der Waals surface area contributed by atoms with E-state index in [1.807, 2.05) is 11.9 Å². The molecule has 21 heavy (non-hydrogen) atoms. The lowest BCUT2D eigenvalue weighted by molar-refractivity contribution is -0.132. The molecule has 1 fully saturated rings. The predicted molar refractivity (Wildman–Crippen MR) is 81.5 cm³/mol. The van der Waals surface area contributed by atoms with Gasteiger partial charge in [-0.3, -0.25) is 9.69 Å². The minimum absolute atomic E-state index is 0.168. The summed E-state index contributed by atoms with van der Waals surface area (Å²) in [6.45, 7) is 6.15. The Balaban J connectivity index is 1.81. The van der Waals surface area contributed by atoms with Gasteiger partial charge in [-0.2, -0.15) is 0 Å². The largest absolute Gasteiger partial charge is 0.340 e. The van der Waals surface area contributed by atoms with E-state index in [1.165, 1.54) is 12.1 Å². The Hall–Kier alpha value is -1.46. The number of halogens is 1. The molecular weight excluding hydrogens is 269 g/mol. The lowest BCUT2D eigenvalue weighted by atomic mass is 10.1. The molecule has 1 amide bonds. The Morgan fingerprint density at radius 2 is 1.95 bits per heavy atom. The van der Waals surface area contributed by atoms with E-state index in [0.717, 1.165) is 31.7 Å². The van der Waals surface area contributed by atoms with Crippen molar-refractivity contribution in [1.29, 1.82) is 0 Å². The average Bonchev–Trinajstić information content (AvgIpc) is 2.53. The summed E-state index contributed by atoms with van der Waals surface area (Å²) in [7, 11) is 2.00. The summed E-state index contributed by atoms with van der Waals surface area (Å²) >= 11 is 0. The van der Waals surface area contributed by atoms with Gasteiger partial charge in [0.15, 0.2) is 0 Å². The molecule has 1 atom stereocenters. The highest BCUT2D eigenvalue weighted by Crippen LogP contribution is 2.19. The molecule has 0 radical (unpaired) electrons. The van der Waals surface area contributed by atoms with Gasteiger partial charge in [-0.1, -0.05) is 12.1 Å². The van der Waals surface area contributed by atoms with Crippen molar-refractivity contribution in [2.24, 2.45) is 0 Å². The third kappa shape index (κ3) is 4.51. The first-order valence-electron chi connectivity index (χ1n) is 7.52. The van der Waals surface area contributed by atoms with Crippen LogP contribution in [0.1, 0.15) is 24.9 Å². The zero-order valence-corrected chi connectivity index (χ0v) is 12.8. The number of carbonyl (C=O) groups excluding carboxylic acids is 1. The van der Waals surface area contributed by atoms with E-state index < -0.39 is 0 Å². The van der Waals surface area contributed by atoms with Gasteiger partial charge < -0.3 is 10.2 Å². The molecule has 1 unspecified atom stereocenters. The van der Waals surface area contributed by atoms with Crippen molar-refractivity contribution in [3.05, 3.63) is 35.6 Å². The first-order chi connectivity index (χ1) is 10.1. The van der Waals surface area contributed by atoms with Crippen molar-refractivity contribution in [3.63, 3.8) is 0 Å². The fraction of sp³-hybridized carbons (Fsp3) is 0.562. The monoisotopic (exact) mass is 293 g/mol. The fourth-order valence-electron chi connectivity index (χ4n) is 2.53. The third-order valence-electron chi connectivity index (χ3n) is 4.16. The highest BCUT2D eigenvalue weighted by Gasteiger charge is 2.18. The SMILES string of the molecule is CC(c1ccc(F)cc1)N(C)CCC(=O)N1CCNCC1. The van der Waals surface area contributed by atoms with Crippen molar-refractivity contribution in [2.45, 2.75) is 19.4 Å². The van der Waals surface area contributed by atoms with Crippen LogP contribution in [0.15, 0.2) is 24.3 Å². The van der Waals surface area contributed by atoms with E-state index in [0.29, 0.717) is 13.0 Å². The van der Waals surface area contributed by atoms with E-state index >= 15 is 0 Å². The molecule has 0 aliphatic carbocycles. The maximum Gasteiger partial charge on any atom is 0.223 e. The Morgan fingerprint density at radius 3 is 2.57 bits per heavy atom. The van der Waals surface area contributed by atoms with Gasteiger partial charge in [0, 0.05) is 45.2 Å². The summed E-state index contributed by atoms with van der Waals surface area (Å²) in [5, 5.41) is 3.24. The van der Waals surface area contributed by atoms with Gasteiger partial charge in [-0.15, -0.1) is 0 Å². The summed E-state index contributed by atoms with van der Waals surface area (Å²) < 4.78 is 12.9. The summed E-state index contributed by atoms with van der Waals surface area (Å²) in [5.41, 5.74) is 1.06. The molecule has 1 heterocycles. The standard InChI is InChI=1S/C16H24FN3O/c1-13(14-3-5-15(17)6-4-14)19(2)10-7-16(21)20-11-8-18-9-12-20/h3-6,13,18H,7-12H2,1-2H3. The molecule has 4 nitrogen and oxygen atoms in total. The van der Waals surface area contributed by atoms with Crippen LogP contribution in [0.2, 0.25) is 0 Å². The zero-order chi connectivity index (χ0) is 15.2. The number of nitrogens with one attached hydrogen (secondary N) is 1. The van der Waals surface area contributed by atoms with Gasteiger partial charge in [0.05, 0.1) is 0 Å². The number of hydrogen-bond donors (Lipinski definition) is 1. The third-order valence-corrected chi connectivity index (χ3v) is 4.16. The topological polar surface area (TPSA) is 35.6 Å². The molecule has 1 saturated heterocycles. The van der Waals surface area contributed by atoms with Crippen LogP contribution >= 0.6 is 0 Å². The summed E-state index contributed by atoms with van der Waals surface area (Å²) in [4.78, 5) is 16.2. The number of carbonyl (C=O) groups is 1. The molecule has 1 aliphatic heterocycles. The quantitative estimate of drug-likeness (QED) is 0.896. The maximum absolute atomic E-state index is 12.9. The second kappa shape index (κ2) is 7.52. The van der Waals surface area contributed by atoms with Crippen LogP contribution in [0.5, 0.6) is 0 Å². The van der Waals surface area contributed by atoms with Gasteiger partial charge in [0.2, 0.25) is 5.91 Å². The van der Waals surface area contributed by atoms with Crippen molar-refractivity contribution in [1.82, 2.24) is 15.1 Å². The smallest absolute Gasteiger partial charge is 0.223 e. The second-order valence-electron chi connectivity index (χ2n) is 5.59. The molecule has 0 saturated carbocycles. The van der Waals surface area contributed by atoms with Crippen molar-refractivity contribution < 1.29 is 9.18 Å². The molecule has 0 aromatic heterocycles. The van der Waals surface area contributed by atoms with Gasteiger partial charge in [0.25, 0.3) is 0 Å². The molecule has 0 spiro atoms. The molecule has 1 aromatic carbocycles. The molecule has 2 rings (SSSR count).